The molecule has 0 atom stereocenters. The van der Waals surface area contributed by atoms with Crippen molar-refractivity contribution in [3.8, 4) is 11.4 Å². The molecule has 1 aromatic carbocycles. The molecule has 2 aromatic heterocycles. The van der Waals surface area contributed by atoms with Crippen molar-refractivity contribution in [2.24, 2.45) is 0 Å². The number of carbonyl (C=O) groups excluding carboxylic acids is 1. The number of aryl methyl sites for hydroxylation is 2. The highest BCUT2D eigenvalue weighted by Gasteiger charge is 2.16. The Labute approximate surface area is 147 Å². The van der Waals surface area contributed by atoms with Crippen LogP contribution in [0.15, 0.2) is 35.5 Å². The topological polar surface area (TPSA) is 69.9 Å². The van der Waals surface area contributed by atoms with E-state index in [4.69, 9.17) is 4.74 Å². The summed E-state index contributed by atoms with van der Waals surface area (Å²) in [5, 5.41) is 12.4. The maximum absolute atomic E-state index is 12.3. The van der Waals surface area contributed by atoms with Crippen molar-refractivity contribution in [1.29, 1.82) is 0 Å². The van der Waals surface area contributed by atoms with Crippen molar-refractivity contribution in [3.63, 3.8) is 0 Å². The van der Waals surface area contributed by atoms with Crippen molar-refractivity contribution < 1.29 is 9.53 Å². The van der Waals surface area contributed by atoms with Gasteiger partial charge in [-0.25, -0.2) is 0 Å². The Kier molecular flexibility index (Phi) is 4.96. The molecule has 0 spiro atoms. The third-order valence-corrected chi connectivity index (χ3v) is 5.31. The van der Waals surface area contributed by atoms with Gasteiger partial charge in [-0.2, -0.15) is 4.68 Å². The highest BCUT2D eigenvalue weighted by molar-refractivity contribution is 7.99. The van der Waals surface area contributed by atoms with Crippen LogP contribution in [-0.4, -0.2) is 38.9 Å². The number of benzene rings is 1. The SMILES string of the molecule is COc1ccc(C)cc1-n1nnnc1SCC(=O)c1ccc(C)s1. The van der Waals surface area contributed by atoms with Gasteiger partial charge in [0.25, 0.3) is 0 Å². The van der Waals surface area contributed by atoms with Crippen molar-refractivity contribution in [2.45, 2.75) is 19.0 Å². The number of tetrazole rings is 1. The van der Waals surface area contributed by atoms with E-state index in [0.717, 1.165) is 21.0 Å². The summed E-state index contributed by atoms with van der Waals surface area (Å²) in [5.41, 5.74) is 1.83. The Bertz CT molecular complexity index is 873. The zero-order chi connectivity index (χ0) is 17.1. The van der Waals surface area contributed by atoms with E-state index in [-0.39, 0.29) is 11.5 Å². The molecule has 0 saturated carbocycles. The average Bonchev–Trinajstić information content (AvgIpc) is 3.21. The van der Waals surface area contributed by atoms with E-state index in [2.05, 4.69) is 15.5 Å². The van der Waals surface area contributed by atoms with Crippen LogP contribution in [-0.2, 0) is 0 Å². The first-order valence-corrected chi connectivity index (χ1v) is 9.04. The van der Waals surface area contributed by atoms with Crippen molar-refractivity contribution in [1.82, 2.24) is 20.2 Å². The van der Waals surface area contributed by atoms with E-state index in [1.807, 2.05) is 44.2 Å². The molecule has 3 aromatic rings. The largest absolute Gasteiger partial charge is 0.494 e. The quantitative estimate of drug-likeness (QED) is 0.496. The number of nitrogens with zero attached hydrogens (tertiary/aromatic N) is 4. The van der Waals surface area contributed by atoms with Crippen molar-refractivity contribution in [3.05, 3.63) is 45.6 Å². The third kappa shape index (κ3) is 3.49. The molecule has 0 fully saturated rings. The Hall–Kier alpha value is -2.19. The van der Waals surface area contributed by atoms with Gasteiger partial charge in [-0.1, -0.05) is 17.8 Å². The molecule has 3 rings (SSSR count). The first kappa shape index (κ1) is 16.7. The molecule has 24 heavy (non-hydrogen) atoms. The van der Waals surface area contributed by atoms with E-state index < -0.39 is 0 Å². The number of hydrogen-bond donors (Lipinski definition) is 0. The van der Waals surface area contributed by atoms with Crippen molar-refractivity contribution in [2.75, 3.05) is 12.9 Å². The number of thiophene rings is 1. The highest BCUT2D eigenvalue weighted by atomic mass is 32.2. The maximum Gasteiger partial charge on any atom is 0.214 e. The minimum absolute atomic E-state index is 0.0730. The molecule has 8 heteroatoms. The second-order valence-corrected chi connectivity index (χ2v) is 7.40. The molecular formula is C16H16N4O2S2. The van der Waals surface area contributed by atoms with Gasteiger partial charge in [-0.3, -0.25) is 4.79 Å². The van der Waals surface area contributed by atoms with Crippen LogP contribution < -0.4 is 4.74 Å². The molecular weight excluding hydrogens is 344 g/mol. The fraction of sp³-hybridized carbons (Fsp3) is 0.250. The van der Waals surface area contributed by atoms with E-state index in [0.29, 0.717) is 10.9 Å². The summed E-state index contributed by atoms with van der Waals surface area (Å²) in [4.78, 5) is 14.1. The lowest BCUT2D eigenvalue weighted by Gasteiger charge is -2.10. The third-order valence-electron chi connectivity index (χ3n) is 3.35. The van der Waals surface area contributed by atoms with Gasteiger partial charge in [0.05, 0.1) is 17.7 Å². The number of rotatable bonds is 6. The predicted molar refractivity (Wildman–Crippen MR) is 94.6 cm³/mol. The summed E-state index contributed by atoms with van der Waals surface area (Å²) in [5.74, 6) is 1.04. The number of carbonyl (C=O) groups is 1. The van der Waals surface area contributed by atoms with Gasteiger partial charge >= 0.3 is 0 Å². The molecule has 0 saturated heterocycles. The molecule has 124 valence electrons. The summed E-state index contributed by atoms with van der Waals surface area (Å²) in [6, 6.07) is 9.59. The molecule has 2 heterocycles. The first-order chi connectivity index (χ1) is 11.6. The second kappa shape index (κ2) is 7.14. The van der Waals surface area contributed by atoms with Crippen LogP contribution in [0.1, 0.15) is 20.1 Å². The summed E-state index contributed by atoms with van der Waals surface area (Å²) in [7, 11) is 1.61. The zero-order valence-corrected chi connectivity index (χ0v) is 15.1. The molecule has 0 aliphatic rings. The summed E-state index contributed by atoms with van der Waals surface area (Å²) in [6.07, 6.45) is 0. The lowest BCUT2D eigenvalue weighted by Crippen LogP contribution is -2.05. The van der Waals surface area contributed by atoms with Crippen molar-refractivity contribution >= 4 is 28.9 Å². The summed E-state index contributed by atoms with van der Waals surface area (Å²) in [6.45, 7) is 3.97. The minimum Gasteiger partial charge on any atom is -0.494 e. The number of Topliss-reactive ketones (excluding diaryl/α,β-unsaturated/α-hetero) is 1. The van der Waals surface area contributed by atoms with Gasteiger partial charge in [0.15, 0.2) is 5.78 Å². The number of ketones is 1. The number of hydrogen-bond acceptors (Lipinski definition) is 7. The maximum atomic E-state index is 12.3. The number of methoxy groups -OCH3 is 1. The Morgan fingerprint density at radius 3 is 2.83 bits per heavy atom. The smallest absolute Gasteiger partial charge is 0.214 e. The Balaban J connectivity index is 1.81. The van der Waals surface area contributed by atoms with Crippen LogP contribution in [0.25, 0.3) is 5.69 Å². The van der Waals surface area contributed by atoms with Gasteiger partial charge in [-0.15, -0.1) is 16.4 Å². The predicted octanol–water partition coefficient (Wildman–Crippen LogP) is 3.32. The molecule has 0 unspecified atom stereocenters. The zero-order valence-electron chi connectivity index (χ0n) is 13.5. The normalized spacial score (nSPS) is 10.8. The first-order valence-electron chi connectivity index (χ1n) is 7.24. The lowest BCUT2D eigenvalue weighted by atomic mass is 10.2. The van der Waals surface area contributed by atoms with Crippen LogP contribution in [0.3, 0.4) is 0 Å². The molecule has 0 amide bonds. The van der Waals surface area contributed by atoms with Gasteiger partial charge in [0.2, 0.25) is 5.16 Å². The molecule has 0 aliphatic heterocycles. The van der Waals surface area contributed by atoms with Gasteiger partial charge in [0, 0.05) is 4.88 Å². The van der Waals surface area contributed by atoms with Gasteiger partial charge in [-0.05, 0) is 54.1 Å². The number of thioether (sulfide) groups is 1. The summed E-state index contributed by atoms with van der Waals surface area (Å²) < 4.78 is 6.99. The van der Waals surface area contributed by atoms with Gasteiger partial charge in [0.1, 0.15) is 11.4 Å². The monoisotopic (exact) mass is 360 g/mol. The molecule has 0 aliphatic carbocycles. The van der Waals surface area contributed by atoms with Crippen LogP contribution in [0.4, 0.5) is 0 Å². The fourth-order valence-electron chi connectivity index (χ4n) is 2.17. The molecule has 0 bridgehead atoms. The lowest BCUT2D eigenvalue weighted by molar-refractivity contribution is 0.102. The van der Waals surface area contributed by atoms with Crippen LogP contribution >= 0.6 is 23.1 Å². The average molecular weight is 360 g/mol. The summed E-state index contributed by atoms with van der Waals surface area (Å²) >= 11 is 2.81. The fourth-order valence-corrected chi connectivity index (χ4v) is 3.83. The minimum atomic E-state index is 0.0730. The van der Waals surface area contributed by atoms with Crippen LogP contribution in [0, 0.1) is 13.8 Å². The Morgan fingerprint density at radius 1 is 1.29 bits per heavy atom. The van der Waals surface area contributed by atoms with E-state index >= 15 is 0 Å². The van der Waals surface area contributed by atoms with E-state index in [1.54, 1.807) is 11.8 Å². The molecule has 6 nitrogen and oxygen atoms in total. The number of ether oxygens (including phenoxy) is 1. The highest BCUT2D eigenvalue weighted by Crippen LogP contribution is 2.27. The molecule has 0 N–H and O–H groups in total. The Morgan fingerprint density at radius 2 is 2.12 bits per heavy atom. The molecule has 0 radical (unpaired) electrons. The van der Waals surface area contributed by atoms with Crippen LogP contribution in [0.5, 0.6) is 5.75 Å². The van der Waals surface area contributed by atoms with E-state index in [9.17, 15) is 4.79 Å². The standard InChI is InChI=1S/C16H16N4O2S2/c1-10-4-6-14(22-3)12(8-10)20-16(17-18-19-20)23-9-13(21)15-7-5-11(2)24-15/h4-8H,9H2,1-3H3. The second-order valence-electron chi connectivity index (χ2n) is 5.17. The van der Waals surface area contributed by atoms with Gasteiger partial charge < -0.3 is 4.74 Å². The number of aromatic nitrogens is 4. The van der Waals surface area contributed by atoms with E-state index in [1.165, 1.54) is 23.1 Å². The van der Waals surface area contributed by atoms with Crippen LogP contribution in [0.2, 0.25) is 0 Å².